The molecule has 1 fully saturated rings. The van der Waals surface area contributed by atoms with E-state index in [1.54, 1.807) is 6.92 Å². The van der Waals surface area contributed by atoms with Crippen molar-refractivity contribution >= 4 is 23.3 Å². The van der Waals surface area contributed by atoms with Gasteiger partial charge in [0.1, 0.15) is 29.0 Å². The molecule has 1 heterocycles. The number of ketones is 3. The van der Waals surface area contributed by atoms with Gasteiger partial charge in [0, 0.05) is 42.4 Å². The third-order valence-electron chi connectivity index (χ3n) is 8.58. The van der Waals surface area contributed by atoms with Crippen LogP contribution in [0, 0.1) is 0 Å². The molecule has 0 unspecified atom stereocenters. The molecular formula is C31H35NO11. The van der Waals surface area contributed by atoms with E-state index in [0.717, 1.165) is 0 Å². The predicted molar refractivity (Wildman–Crippen MR) is 149 cm³/mol. The summed E-state index contributed by atoms with van der Waals surface area (Å²) in [6.07, 6.45) is -4.18. The fourth-order valence-corrected chi connectivity index (χ4v) is 6.27. The summed E-state index contributed by atoms with van der Waals surface area (Å²) >= 11 is 0. The van der Waals surface area contributed by atoms with Gasteiger partial charge in [-0.2, -0.15) is 0 Å². The zero-order chi connectivity index (χ0) is 31.4. The SMILES string of the molecule is CCCC(=O)N[C@H]1C[C@H](O[C@@H]2C[C@](O)(C(C)=O)Cc3c(O)c4c(c(O)c32)C(=O)c2c(OC)cccc2C4=O)O[C@H](C)[C@@H]1O. The maximum Gasteiger partial charge on any atom is 0.220 e. The lowest BCUT2D eigenvalue weighted by atomic mass is 9.72. The number of aromatic hydroxyl groups is 2. The van der Waals surface area contributed by atoms with Gasteiger partial charge in [0.25, 0.3) is 0 Å². The molecule has 2 aromatic rings. The van der Waals surface area contributed by atoms with Crippen molar-refractivity contribution in [3.8, 4) is 17.2 Å². The minimum absolute atomic E-state index is 0.00896. The van der Waals surface area contributed by atoms with Crippen molar-refractivity contribution in [2.45, 2.75) is 89.1 Å². The molecule has 0 saturated carbocycles. The average Bonchev–Trinajstić information content (AvgIpc) is 2.95. The van der Waals surface area contributed by atoms with Gasteiger partial charge in [-0.15, -0.1) is 0 Å². The number of aliphatic hydroxyl groups is 2. The summed E-state index contributed by atoms with van der Waals surface area (Å²) in [5.41, 5.74) is -3.24. The van der Waals surface area contributed by atoms with Crippen LogP contribution in [0.4, 0.5) is 0 Å². The molecule has 5 rings (SSSR count). The highest BCUT2D eigenvalue weighted by atomic mass is 16.7. The Morgan fingerprint density at radius 3 is 2.47 bits per heavy atom. The minimum atomic E-state index is -2.05. The first-order chi connectivity index (χ1) is 20.3. The largest absolute Gasteiger partial charge is 0.507 e. The van der Waals surface area contributed by atoms with Crippen molar-refractivity contribution in [2.75, 3.05) is 7.11 Å². The van der Waals surface area contributed by atoms with E-state index < -0.39 is 82.6 Å². The molecule has 2 aromatic carbocycles. The Bertz CT molecular complexity index is 1520. The number of methoxy groups -OCH3 is 1. The van der Waals surface area contributed by atoms with Crippen molar-refractivity contribution in [1.82, 2.24) is 5.32 Å². The molecule has 12 heteroatoms. The molecule has 230 valence electrons. The Morgan fingerprint density at radius 1 is 1.12 bits per heavy atom. The standard InChI is InChI=1S/C31H35NO11/c1-5-7-20(34)32-17-10-21(42-13(2)26(17)35)43-19-12-31(40,14(3)33)11-16-23(19)30(39)25-24(28(16)37)27(36)15-8-6-9-18(41-4)22(15)29(25)38/h6,8-9,13,17,19,21,26,35,37,39-40H,5,7,10-12H2,1-4H3,(H,32,34)/t13-,17+,19-,21+,26+,31+/m1/s1. The molecule has 12 nitrogen and oxygen atoms in total. The van der Waals surface area contributed by atoms with E-state index in [1.165, 1.54) is 32.2 Å². The zero-order valence-electron chi connectivity index (χ0n) is 24.3. The summed E-state index contributed by atoms with van der Waals surface area (Å²) in [4.78, 5) is 52.3. The highest BCUT2D eigenvalue weighted by molar-refractivity contribution is 6.31. The number of phenols is 2. The third-order valence-corrected chi connectivity index (χ3v) is 8.58. The lowest BCUT2D eigenvalue weighted by molar-refractivity contribution is -0.249. The second-order valence-corrected chi connectivity index (χ2v) is 11.4. The smallest absolute Gasteiger partial charge is 0.220 e. The second kappa shape index (κ2) is 11.3. The monoisotopic (exact) mass is 597 g/mol. The first kappa shape index (κ1) is 30.6. The molecule has 43 heavy (non-hydrogen) atoms. The number of amides is 1. The van der Waals surface area contributed by atoms with Crippen LogP contribution in [0.1, 0.15) is 95.5 Å². The molecule has 1 aliphatic heterocycles. The zero-order valence-corrected chi connectivity index (χ0v) is 24.3. The fourth-order valence-electron chi connectivity index (χ4n) is 6.27. The van der Waals surface area contributed by atoms with E-state index in [4.69, 9.17) is 14.2 Å². The van der Waals surface area contributed by atoms with Crippen molar-refractivity contribution in [2.24, 2.45) is 0 Å². The van der Waals surface area contributed by atoms with Gasteiger partial charge >= 0.3 is 0 Å². The molecule has 0 spiro atoms. The molecule has 0 bridgehead atoms. The quantitative estimate of drug-likeness (QED) is 0.251. The Balaban J connectivity index is 1.60. The van der Waals surface area contributed by atoms with Gasteiger partial charge in [-0.05, 0) is 26.3 Å². The summed E-state index contributed by atoms with van der Waals surface area (Å²) < 4.78 is 17.3. The predicted octanol–water partition coefficient (Wildman–Crippen LogP) is 1.99. The number of hydrogen-bond acceptors (Lipinski definition) is 11. The van der Waals surface area contributed by atoms with E-state index in [-0.39, 0.29) is 53.2 Å². The lowest BCUT2D eigenvalue weighted by Gasteiger charge is -2.42. The number of hydrogen-bond donors (Lipinski definition) is 5. The van der Waals surface area contributed by atoms with Gasteiger partial charge in [-0.1, -0.05) is 19.1 Å². The van der Waals surface area contributed by atoms with E-state index in [2.05, 4.69) is 5.32 Å². The van der Waals surface area contributed by atoms with Crippen LogP contribution in [0.5, 0.6) is 17.2 Å². The average molecular weight is 598 g/mol. The second-order valence-electron chi connectivity index (χ2n) is 11.4. The van der Waals surface area contributed by atoms with Crippen LogP contribution in [0.25, 0.3) is 0 Å². The fraction of sp³-hybridized carbons (Fsp3) is 0.484. The first-order valence-electron chi connectivity index (χ1n) is 14.2. The van der Waals surface area contributed by atoms with Crippen molar-refractivity contribution in [3.63, 3.8) is 0 Å². The lowest BCUT2D eigenvalue weighted by Crippen LogP contribution is -2.55. The van der Waals surface area contributed by atoms with Gasteiger partial charge in [-0.25, -0.2) is 0 Å². The first-order valence-corrected chi connectivity index (χ1v) is 14.2. The highest BCUT2D eigenvalue weighted by Gasteiger charge is 2.49. The molecule has 2 aliphatic carbocycles. The summed E-state index contributed by atoms with van der Waals surface area (Å²) in [5, 5.41) is 47.8. The van der Waals surface area contributed by atoms with E-state index >= 15 is 0 Å². The maximum absolute atomic E-state index is 13.8. The summed E-state index contributed by atoms with van der Waals surface area (Å²) in [5.74, 6) is -3.58. The number of ether oxygens (including phenoxy) is 3. The Hall–Kier alpha value is -3.84. The minimum Gasteiger partial charge on any atom is -0.507 e. The van der Waals surface area contributed by atoms with Gasteiger partial charge in [0.2, 0.25) is 11.7 Å². The number of nitrogens with one attached hydrogen (secondary N) is 1. The Morgan fingerprint density at radius 2 is 1.81 bits per heavy atom. The summed E-state index contributed by atoms with van der Waals surface area (Å²) in [7, 11) is 1.33. The van der Waals surface area contributed by atoms with Crippen molar-refractivity contribution < 1.29 is 53.8 Å². The number of rotatable bonds is 7. The normalized spacial score (nSPS) is 28.0. The number of aliphatic hydroxyl groups excluding tert-OH is 1. The van der Waals surface area contributed by atoms with Crippen LogP contribution in [0.15, 0.2) is 18.2 Å². The van der Waals surface area contributed by atoms with Crippen LogP contribution in [-0.2, 0) is 25.5 Å². The highest BCUT2D eigenvalue weighted by Crippen LogP contribution is 2.52. The van der Waals surface area contributed by atoms with Crippen LogP contribution in [0.2, 0.25) is 0 Å². The maximum atomic E-state index is 13.8. The van der Waals surface area contributed by atoms with Crippen molar-refractivity contribution in [1.29, 1.82) is 0 Å². The number of carbonyl (C=O) groups excluding carboxylic acids is 4. The third kappa shape index (κ3) is 5.07. The van der Waals surface area contributed by atoms with Crippen LogP contribution < -0.4 is 10.1 Å². The number of Topliss-reactive ketones (excluding diaryl/α,β-unsaturated/α-hetero) is 1. The molecular weight excluding hydrogens is 562 g/mol. The number of carbonyl (C=O) groups is 4. The van der Waals surface area contributed by atoms with Crippen LogP contribution in [-0.4, -0.2) is 80.9 Å². The van der Waals surface area contributed by atoms with Crippen LogP contribution in [0.3, 0.4) is 0 Å². The van der Waals surface area contributed by atoms with Gasteiger partial charge in [-0.3, -0.25) is 19.2 Å². The van der Waals surface area contributed by atoms with Gasteiger partial charge in [0.05, 0.1) is 42.0 Å². The molecule has 0 aromatic heterocycles. The molecule has 0 radical (unpaired) electrons. The molecule has 3 aliphatic rings. The Kier molecular flexibility index (Phi) is 8.07. The van der Waals surface area contributed by atoms with Crippen molar-refractivity contribution in [3.05, 3.63) is 51.6 Å². The Labute approximate surface area is 247 Å². The summed E-state index contributed by atoms with van der Waals surface area (Å²) in [6.45, 7) is 4.61. The number of phenolic OH excluding ortho intramolecular Hbond substituents is 2. The topological polar surface area (TPSA) is 189 Å². The summed E-state index contributed by atoms with van der Waals surface area (Å²) in [6, 6.07) is 3.67. The van der Waals surface area contributed by atoms with E-state index in [9.17, 15) is 39.6 Å². The molecule has 1 amide bonds. The van der Waals surface area contributed by atoms with Crippen LogP contribution >= 0.6 is 0 Å². The van der Waals surface area contributed by atoms with E-state index in [1.807, 2.05) is 6.92 Å². The molecule has 5 N–H and O–H groups in total. The van der Waals surface area contributed by atoms with E-state index in [0.29, 0.717) is 6.42 Å². The molecule has 1 saturated heterocycles. The molecule has 6 atom stereocenters. The van der Waals surface area contributed by atoms with Gasteiger partial charge < -0.3 is 40.0 Å². The number of benzene rings is 2. The van der Waals surface area contributed by atoms with Gasteiger partial charge in [0.15, 0.2) is 17.9 Å². The number of fused-ring (bicyclic) bond motifs is 3.